The number of carboxylic acid groups (broad SMARTS) is 2. The molecular formula is C23H27F6N5O4. The number of hydrogen-bond donors (Lipinski definition) is 2. The minimum Gasteiger partial charge on any atom is -0.475 e. The molecule has 2 aromatic rings. The third-order valence-electron chi connectivity index (χ3n) is 5.17. The highest BCUT2D eigenvalue weighted by molar-refractivity contribution is 5.73. The maximum Gasteiger partial charge on any atom is 0.490 e. The first-order valence-electron chi connectivity index (χ1n) is 11.0. The number of nitrogens with zero attached hydrogens (tertiary/aromatic N) is 5. The van der Waals surface area contributed by atoms with Gasteiger partial charge in [-0.1, -0.05) is 12.1 Å². The van der Waals surface area contributed by atoms with E-state index in [-0.39, 0.29) is 0 Å². The van der Waals surface area contributed by atoms with Crippen LogP contribution in [0.4, 0.5) is 26.3 Å². The Hall–Kier alpha value is -3.64. The first kappa shape index (κ1) is 32.4. The Morgan fingerprint density at radius 1 is 1.11 bits per heavy atom. The van der Waals surface area contributed by atoms with Crippen LogP contribution in [0, 0.1) is 11.3 Å². The fourth-order valence-corrected chi connectivity index (χ4v) is 3.01. The van der Waals surface area contributed by atoms with Gasteiger partial charge in [0.1, 0.15) is 5.82 Å². The number of rotatable bonds is 5. The molecule has 0 atom stereocenters. The molecule has 3 rings (SSSR count). The van der Waals surface area contributed by atoms with E-state index in [1.54, 1.807) is 0 Å². The van der Waals surface area contributed by atoms with Gasteiger partial charge in [0, 0.05) is 38.4 Å². The normalized spacial score (nSPS) is 13.5. The summed E-state index contributed by atoms with van der Waals surface area (Å²) < 4.78 is 65.8. The first-order chi connectivity index (χ1) is 17.4. The van der Waals surface area contributed by atoms with Gasteiger partial charge in [0.05, 0.1) is 23.9 Å². The summed E-state index contributed by atoms with van der Waals surface area (Å²) in [5.41, 5.74) is 3.06. The second kappa shape index (κ2) is 13.8. The lowest BCUT2D eigenvalue weighted by molar-refractivity contribution is -0.193. The first-order valence-corrected chi connectivity index (χ1v) is 11.0. The molecule has 0 unspecified atom stereocenters. The van der Waals surface area contributed by atoms with Gasteiger partial charge in [0.15, 0.2) is 0 Å². The van der Waals surface area contributed by atoms with Gasteiger partial charge in [-0.3, -0.25) is 9.80 Å². The Morgan fingerprint density at radius 3 is 2.13 bits per heavy atom. The van der Waals surface area contributed by atoms with Crippen LogP contribution in [0.2, 0.25) is 0 Å². The van der Waals surface area contributed by atoms with Gasteiger partial charge < -0.3 is 14.8 Å². The topological polar surface area (TPSA) is 123 Å². The number of nitriles is 1. The van der Waals surface area contributed by atoms with Crippen LogP contribution < -0.4 is 0 Å². The summed E-state index contributed by atoms with van der Waals surface area (Å²) in [6.07, 6.45) is -7.97. The van der Waals surface area contributed by atoms with E-state index in [0.29, 0.717) is 6.04 Å². The maximum atomic E-state index is 10.6. The summed E-state index contributed by atoms with van der Waals surface area (Å²) in [4.78, 5) is 27.3. The molecule has 0 aliphatic carbocycles. The van der Waals surface area contributed by atoms with E-state index in [1.165, 1.54) is 5.56 Å². The Kier molecular flexibility index (Phi) is 11.7. The van der Waals surface area contributed by atoms with E-state index in [4.69, 9.17) is 30.0 Å². The van der Waals surface area contributed by atoms with Gasteiger partial charge in [0.2, 0.25) is 0 Å². The molecule has 1 aromatic carbocycles. The maximum absolute atomic E-state index is 10.6. The van der Waals surface area contributed by atoms with Crippen LogP contribution in [0.15, 0.2) is 30.5 Å². The standard InChI is InChI=1S/C19H25N5.2C2HF3O2/c1-15(2)22(3)12-18-13-24-8-7-23(14-19(24)21-18)11-17-6-4-5-16(9-17)10-20;2*3-2(4,5)1(6)7/h4-6,9,13,15H,7-8,11-12,14H2,1-3H3;2*(H,6,7). The molecule has 0 radical (unpaired) electrons. The molecule has 0 saturated heterocycles. The minimum atomic E-state index is -5.08. The lowest BCUT2D eigenvalue weighted by atomic mass is 10.1. The second-order valence-corrected chi connectivity index (χ2v) is 8.48. The van der Waals surface area contributed by atoms with Crippen molar-refractivity contribution in [3.8, 4) is 6.07 Å². The van der Waals surface area contributed by atoms with Crippen molar-refractivity contribution in [2.45, 2.75) is 58.4 Å². The van der Waals surface area contributed by atoms with E-state index >= 15 is 0 Å². The number of imidazole rings is 1. The Labute approximate surface area is 214 Å². The number of benzene rings is 1. The zero-order valence-corrected chi connectivity index (χ0v) is 20.7. The molecule has 9 nitrogen and oxygen atoms in total. The van der Waals surface area contributed by atoms with Crippen molar-refractivity contribution in [2.75, 3.05) is 13.6 Å². The largest absolute Gasteiger partial charge is 0.490 e. The number of carbonyl (C=O) groups is 2. The summed E-state index contributed by atoms with van der Waals surface area (Å²) in [6.45, 7) is 9.01. The average Bonchev–Trinajstić information content (AvgIpc) is 3.20. The Balaban J connectivity index is 0.000000426. The van der Waals surface area contributed by atoms with E-state index in [9.17, 15) is 26.3 Å². The van der Waals surface area contributed by atoms with E-state index in [0.717, 1.165) is 49.8 Å². The lowest BCUT2D eigenvalue weighted by Gasteiger charge is -2.27. The van der Waals surface area contributed by atoms with Crippen molar-refractivity contribution in [1.82, 2.24) is 19.4 Å². The number of hydrogen-bond acceptors (Lipinski definition) is 6. The number of fused-ring (bicyclic) bond motifs is 1. The highest BCUT2D eigenvalue weighted by Crippen LogP contribution is 2.17. The van der Waals surface area contributed by atoms with Gasteiger partial charge in [-0.15, -0.1) is 0 Å². The summed E-state index contributed by atoms with van der Waals surface area (Å²) in [5.74, 6) is -4.37. The molecule has 0 amide bonds. The van der Waals surface area contributed by atoms with Gasteiger partial charge in [-0.05, 0) is 38.6 Å². The van der Waals surface area contributed by atoms with Crippen LogP contribution in [0.5, 0.6) is 0 Å². The average molecular weight is 551 g/mol. The van der Waals surface area contributed by atoms with Gasteiger partial charge in [0.25, 0.3) is 0 Å². The molecule has 0 bridgehead atoms. The highest BCUT2D eigenvalue weighted by atomic mass is 19.4. The van der Waals surface area contributed by atoms with Gasteiger partial charge in [-0.25, -0.2) is 14.6 Å². The van der Waals surface area contributed by atoms with Crippen molar-refractivity contribution in [3.05, 3.63) is 53.1 Å². The molecule has 1 aliphatic heterocycles. The molecule has 1 aliphatic rings. The second-order valence-electron chi connectivity index (χ2n) is 8.48. The number of halogens is 6. The summed E-state index contributed by atoms with van der Waals surface area (Å²) in [7, 11) is 2.14. The quantitative estimate of drug-likeness (QED) is 0.537. The number of alkyl halides is 6. The number of aliphatic carboxylic acids is 2. The molecule has 0 spiro atoms. The Bertz CT molecular complexity index is 1100. The minimum absolute atomic E-state index is 0.521. The van der Waals surface area contributed by atoms with Crippen molar-refractivity contribution in [1.29, 1.82) is 5.26 Å². The molecule has 15 heteroatoms. The molecule has 0 saturated carbocycles. The zero-order valence-electron chi connectivity index (χ0n) is 20.7. The van der Waals surface area contributed by atoms with Crippen LogP contribution in [0.3, 0.4) is 0 Å². The smallest absolute Gasteiger partial charge is 0.475 e. The molecule has 0 fully saturated rings. The third kappa shape index (κ3) is 11.2. The molecule has 38 heavy (non-hydrogen) atoms. The van der Waals surface area contributed by atoms with Crippen LogP contribution in [-0.4, -0.2) is 73.5 Å². The van der Waals surface area contributed by atoms with Crippen LogP contribution in [0.25, 0.3) is 0 Å². The van der Waals surface area contributed by atoms with Crippen molar-refractivity contribution >= 4 is 11.9 Å². The zero-order chi connectivity index (χ0) is 29.3. The predicted octanol–water partition coefficient (Wildman–Crippen LogP) is 3.88. The fraction of sp³-hybridized carbons (Fsp3) is 0.478. The van der Waals surface area contributed by atoms with Crippen LogP contribution >= 0.6 is 0 Å². The SMILES string of the molecule is CC(C)N(C)Cc1cn2c(n1)CN(Cc1cccc(C#N)c1)CC2.O=C(O)C(F)(F)F.O=C(O)C(F)(F)F. The van der Waals surface area contributed by atoms with Crippen molar-refractivity contribution < 1.29 is 46.1 Å². The molecule has 1 aromatic heterocycles. The number of carboxylic acids is 2. The predicted molar refractivity (Wildman–Crippen MR) is 121 cm³/mol. The summed E-state index contributed by atoms with van der Waals surface area (Å²) in [5, 5.41) is 23.3. The van der Waals surface area contributed by atoms with E-state index < -0.39 is 24.3 Å². The van der Waals surface area contributed by atoms with Crippen LogP contribution in [0.1, 0.15) is 36.5 Å². The monoisotopic (exact) mass is 551 g/mol. The lowest BCUT2D eigenvalue weighted by Crippen LogP contribution is -2.33. The van der Waals surface area contributed by atoms with E-state index in [2.05, 4.69) is 53.6 Å². The van der Waals surface area contributed by atoms with Crippen LogP contribution in [-0.2, 0) is 35.8 Å². The number of aromatic nitrogens is 2. The summed E-state index contributed by atoms with van der Waals surface area (Å²) in [6, 6.07) is 10.6. The third-order valence-corrected chi connectivity index (χ3v) is 5.17. The van der Waals surface area contributed by atoms with Gasteiger partial charge >= 0.3 is 24.3 Å². The Morgan fingerprint density at radius 2 is 1.66 bits per heavy atom. The molecule has 210 valence electrons. The van der Waals surface area contributed by atoms with Crippen molar-refractivity contribution in [2.24, 2.45) is 0 Å². The highest BCUT2D eigenvalue weighted by Gasteiger charge is 2.38. The molecule has 2 N–H and O–H groups in total. The fourth-order valence-electron chi connectivity index (χ4n) is 3.01. The molecular weight excluding hydrogens is 524 g/mol. The van der Waals surface area contributed by atoms with Crippen molar-refractivity contribution in [3.63, 3.8) is 0 Å². The molecule has 2 heterocycles. The van der Waals surface area contributed by atoms with E-state index in [1.807, 2.05) is 18.2 Å². The van der Waals surface area contributed by atoms with Gasteiger partial charge in [-0.2, -0.15) is 31.6 Å². The summed E-state index contributed by atoms with van der Waals surface area (Å²) >= 11 is 0.